The van der Waals surface area contributed by atoms with Crippen molar-refractivity contribution >= 4 is 22.8 Å². The van der Waals surface area contributed by atoms with Crippen LogP contribution in [0.25, 0.3) is 16.7 Å². The summed E-state index contributed by atoms with van der Waals surface area (Å²) in [5.74, 6) is 1.81. The molecule has 0 spiro atoms. The van der Waals surface area contributed by atoms with Gasteiger partial charge in [0.2, 0.25) is 11.8 Å². The number of aryl methyl sites for hydroxylation is 1. The molecule has 3 heterocycles. The SMILES string of the molecule is CCc1nnc(CSc2ncnc3c2cnn3-c2ccccc2)o1. The molecule has 120 valence electrons. The van der Waals surface area contributed by atoms with Crippen LogP contribution in [-0.4, -0.2) is 29.9 Å². The molecule has 1 aromatic carbocycles. The van der Waals surface area contributed by atoms with Crippen molar-refractivity contribution in [2.75, 3.05) is 0 Å². The summed E-state index contributed by atoms with van der Waals surface area (Å²) in [6, 6.07) is 9.90. The summed E-state index contributed by atoms with van der Waals surface area (Å²) in [7, 11) is 0. The lowest BCUT2D eigenvalue weighted by molar-refractivity contribution is 0.470. The fourth-order valence-corrected chi connectivity index (χ4v) is 3.11. The fourth-order valence-electron chi connectivity index (χ4n) is 2.32. The Labute approximate surface area is 142 Å². The number of para-hydroxylation sites is 1. The number of aromatic nitrogens is 6. The molecule has 0 fully saturated rings. The Morgan fingerprint density at radius 2 is 1.92 bits per heavy atom. The molecule has 0 saturated carbocycles. The van der Waals surface area contributed by atoms with Gasteiger partial charge in [0.15, 0.2) is 5.65 Å². The quantitative estimate of drug-likeness (QED) is 0.408. The van der Waals surface area contributed by atoms with Crippen LogP contribution in [0, 0.1) is 0 Å². The van der Waals surface area contributed by atoms with Crippen molar-refractivity contribution in [1.82, 2.24) is 29.9 Å². The second-order valence-electron chi connectivity index (χ2n) is 5.04. The van der Waals surface area contributed by atoms with Gasteiger partial charge in [-0.2, -0.15) is 5.10 Å². The Morgan fingerprint density at radius 3 is 2.71 bits per heavy atom. The lowest BCUT2D eigenvalue weighted by Gasteiger charge is -2.03. The number of benzene rings is 1. The molecule has 0 atom stereocenters. The highest BCUT2D eigenvalue weighted by molar-refractivity contribution is 7.98. The molecule has 4 aromatic rings. The molecule has 0 N–H and O–H groups in total. The summed E-state index contributed by atoms with van der Waals surface area (Å²) in [6.07, 6.45) is 4.08. The van der Waals surface area contributed by atoms with Crippen molar-refractivity contribution in [2.45, 2.75) is 24.1 Å². The monoisotopic (exact) mass is 338 g/mol. The van der Waals surface area contributed by atoms with E-state index in [9.17, 15) is 0 Å². The third-order valence-electron chi connectivity index (χ3n) is 3.47. The number of hydrogen-bond acceptors (Lipinski definition) is 7. The number of thioether (sulfide) groups is 1. The van der Waals surface area contributed by atoms with Gasteiger partial charge < -0.3 is 4.42 Å². The molecule has 0 saturated heterocycles. The zero-order valence-electron chi connectivity index (χ0n) is 13.0. The maximum atomic E-state index is 5.53. The summed E-state index contributed by atoms with van der Waals surface area (Å²) < 4.78 is 7.34. The van der Waals surface area contributed by atoms with Gasteiger partial charge in [-0.05, 0) is 12.1 Å². The van der Waals surface area contributed by atoms with E-state index in [4.69, 9.17) is 4.42 Å². The smallest absolute Gasteiger partial charge is 0.226 e. The molecular formula is C16H14N6OS. The van der Waals surface area contributed by atoms with Gasteiger partial charge in [0.1, 0.15) is 11.4 Å². The average molecular weight is 338 g/mol. The van der Waals surface area contributed by atoms with Crippen LogP contribution in [0.5, 0.6) is 0 Å². The molecule has 0 aliphatic rings. The lowest BCUT2D eigenvalue weighted by Crippen LogP contribution is -1.97. The maximum Gasteiger partial charge on any atom is 0.226 e. The summed E-state index contributed by atoms with van der Waals surface area (Å²) in [5, 5.41) is 14.2. The van der Waals surface area contributed by atoms with Crippen LogP contribution >= 0.6 is 11.8 Å². The number of nitrogens with zero attached hydrogens (tertiary/aromatic N) is 6. The van der Waals surface area contributed by atoms with E-state index >= 15 is 0 Å². The molecule has 3 aromatic heterocycles. The van der Waals surface area contributed by atoms with Gasteiger partial charge in [-0.1, -0.05) is 36.9 Å². The van der Waals surface area contributed by atoms with Crippen LogP contribution in [0.2, 0.25) is 0 Å². The van der Waals surface area contributed by atoms with E-state index in [1.807, 2.05) is 41.9 Å². The van der Waals surface area contributed by atoms with Gasteiger partial charge >= 0.3 is 0 Å². The van der Waals surface area contributed by atoms with Crippen LogP contribution in [0.3, 0.4) is 0 Å². The van der Waals surface area contributed by atoms with Gasteiger partial charge in [0.25, 0.3) is 0 Å². The highest BCUT2D eigenvalue weighted by Crippen LogP contribution is 2.27. The normalized spacial score (nSPS) is 11.2. The molecule has 0 aliphatic carbocycles. The van der Waals surface area contributed by atoms with Crippen molar-refractivity contribution in [2.24, 2.45) is 0 Å². The third-order valence-corrected chi connectivity index (χ3v) is 4.46. The first kappa shape index (κ1) is 14.8. The highest BCUT2D eigenvalue weighted by Gasteiger charge is 2.13. The first-order chi connectivity index (χ1) is 11.8. The summed E-state index contributed by atoms with van der Waals surface area (Å²) in [6.45, 7) is 1.98. The van der Waals surface area contributed by atoms with Crippen LogP contribution in [-0.2, 0) is 12.2 Å². The molecule has 0 radical (unpaired) electrons. The van der Waals surface area contributed by atoms with E-state index in [0.29, 0.717) is 17.5 Å². The molecule has 0 bridgehead atoms. The number of fused-ring (bicyclic) bond motifs is 1. The van der Waals surface area contributed by atoms with Gasteiger partial charge in [-0.3, -0.25) is 0 Å². The van der Waals surface area contributed by atoms with E-state index in [0.717, 1.165) is 28.2 Å². The minimum atomic E-state index is 0.565. The summed E-state index contributed by atoms with van der Waals surface area (Å²) in [4.78, 5) is 8.74. The van der Waals surface area contributed by atoms with Gasteiger partial charge in [-0.25, -0.2) is 14.6 Å². The Kier molecular flexibility index (Phi) is 3.96. The predicted octanol–water partition coefficient (Wildman–Crippen LogP) is 3.05. The molecule has 4 rings (SSSR count). The first-order valence-electron chi connectivity index (χ1n) is 7.53. The van der Waals surface area contributed by atoms with Crippen molar-refractivity contribution in [3.63, 3.8) is 0 Å². The van der Waals surface area contributed by atoms with Gasteiger partial charge in [0, 0.05) is 6.42 Å². The van der Waals surface area contributed by atoms with Crippen LogP contribution in [0.15, 0.2) is 52.3 Å². The number of hydrogen-bond donors (Lipinski definition) is 0. The molecule has 7 nitrogen and oxygen atoms in total. The molecular weight excluding hydrogens is 324 g/mol. The van der Waals surface area contributed by atoms with E-state index in [-0.39, 0.29) is 0 Å². The minimum absolute atomic E-state index is 0.565. The van der Waals surface area contributed by atoms with E-state index < -0.39 is 0 Å². The minimum Gasteiger partial charge on any atom is -0.424 e. The third kappa shape index (κ3) is 2.76. The maximum absolute atomic E-state index is 5.53. The van der Waals surface area contributed by atoms with Gasteiger partial charge in [0.05, 0.1) is 23.0 Å². The average Bonchev–Trinajstić information content (AvgIpc) is 3.27. The predicted molar refractivity (Wildman–Crippen MR) is 89.9 cm³/mol. The summed E-state index contributed by atoms with van der Waals surface area (Å²) in [5.41, 5.74) is 1.74. The second-order valence-corrected chi connectivity index (χ2v) is 6.00. The van der Waals surface area contributed by atoms with Crippen LogP contribution < -0.4 is 0 Å². The van der Waals surface area contributed by atoms with Crippen molar-refractivity contribution in [1.29, 1.82) is 0 Å². The van der Waals surface area contributed by atoms with Crippen LogP contribution in [0.4, 0.5) is 0 Å². The Bertz CT molecular complexity index is 965. The zero-order valence-corrected chi connectivity index (χ0v) is 13.8. The van der Waals surface area contributed by atoms with Crippen molar-refractivity contribution in [3.05, 3.63) is 54.6 Å². The van der Waals surface area contributed by atoms with Gasteiger partial charge in [-0.15, -0.1) is 10.2 Å². The molecule has 24 heavy (non-hydrogen) atoms. The van der Waals surface area contributed by atoms with E-state index in [2.05, 4.69) is 25.3 Å². The van der Waals surface area contributed by atoms with Crippen LogP contribution in [0.1, 0.15) is 18.7 Å². The second kappa shape index (κ2) is 6.40. The lowest BCUT2D eigenvalue weighted by atomic mass is 10.3. The standard InChI is InChI=1S/C16H14N6OS/c1-2-13-20-21-14(23-13)9-24-16-12-8-19-22(15(12)17-10-18-16)11-6-4-3-5-7-11/h3-8,10H,2,9H2,1H3. The van der Waals surface area contributed by atoms with E-state index in [1.165, 1.54) is 11.8 Å². The topological polar surface area (TPSA) is 82.5 Å². The van der Waals surface area contributed by atoms with E-state index in [1.54, 1.807) is 12.5 Å². The Morgan fingerprint density at radius 1 is 1.08 bits per heavy atom. The summed E-state index contributed by atoms with van der Waals surface area (Å²) >= 11 is 1.53. The Balaban J connectivity index is 1.63. The molecule has 0 amide bonds. The molecule has 0 aliphatic heterocycles. The largest absolute Gasteiger partial charge is 0.424 e. The molecule has 0 unspecified atom stereocenters. The number of rotatable bonds is 5. The first-order valence-corrected chi connectivity index (χ1v) is 8.52. The Hall–Kier alpha value is -2.74. The van der Waals surface area contributed by atoms with Crippen molar-refractivity contribution < 1.29 is 4.42 Å². The highest BCUT2D eigenvalue weighted by atomic mass is 32.2. The zero-order chi connectivity index (χ0) is 16.4. The van der Waals surface area contributed by atoms with Crippen molar-refractivity contribution in [3.8, 4) is 5.69 Å². The fraction of sp³-hybridized carbons (Fsp3) is 0.188. The molecule has 8 heteroatoms.